The molecule has 8 heteroatoms. The van der Waals surface area contributed by atoms with Gasteiger partial charge in [0.2, 0.25) is 5.16 Å². The lowest BCUT2D eigenvalue weighted by atomic mass is 10.2. The number of hydrogen-bond donors (Lipinski definition) is 0. The lowest BCUT2D eigenvalue weighted by molar-refractivity contribution is 0.102. The maximum absolute atomic E-state index is 12.3. The Hall–Kier alpha value is -2.19. The second kappa shape index (κ2) is 7.59. The molecule has 0 saturated heterocycles. The van der Waals surface area contributed by atoms with Gasteiger partial charge in [0.25, 0.3) is 0 Å². The minimum atomic E-state index is 0.0248. The lowest BCUT2D eigenvalue weighted by Crippen LogP contribution is -2.05. The number of halogens is 1. The first-order valence-corrected chi connectivity index (χ1v) is 8.79. The van der Waals surface area contributed by atoms with Crippen molar-refractivity contribution in [2.24, 2.45) is 0 Å². The average molecular weight is 405 g/mol. The maximum Gasteiger partial charge on any atom is 0.214 e. The molecule has 122 valence electrons. The molecule has 0 amide bonds. The van der Waals surface area contributed by atoms with Crippen molar-refractivity contribution in [3.05, 3.63) is 58.6 Å². The molecule has 6 nitrogen and oxygen atoms in total. The van der Waals surface area contributed by atoms with Crippen LogP contribution in [0.3, 0.4) is 0 Å². The molecule has 0 N–H and O–H groups in total. The van der Waals surface area contributed by atoms with Gasteiger partial charge in [0, 0.05) is 10.0 Å². The zero-order chi connectivity index (χ0) is 16.9. The molecule has 0 fully saturated rings. The average Bonchev–Trinajstić information content (AvgIpc) is 3.09. The van der Waals surface area contributed by atoms with E-state index in [-0.39, 0.29) is 11.5 Å². The van der Waals surface area contributed by atoms with E-state index in [0.717, 1.165) is 15.9 Å². The second-order valence-corrected chi connectivity index (χ2v) is 6.65. The van der Waals surface area contributed by atoms with Gasteiger partial charge in [0.15, 0.2) is 5.78 Å². The topological polar surface area (TPSA) is 69.9 Å². The number of ketones is 1. The quantitative estimate of drug-likeness (QED) is 0.463. The first-order valence-electron chi connectivity index (χ1n) is 7.02. The van der Waals surface area contributed by atoms with E-state index in [9.17, 15) is 4.79 Å². The predicted molar refractivity (Wildman–Crippen MR) is 94.9 cm³/mol. The summed E-state index contributed by atoms with van der Waals surface area (Å²) in [5.41, 5.74) is 1.47. The SMILES string of the molecule is COc1ccc(-n2nnnc2SCC(=O)c2ccc(Br)cc2)cc1. The number of ether oxygens (including phenoxy) is 1. The van der Waals surface area contributed by atoms with Crippen LogP contribution in [0.15, 0.2) is 58.2 Å². The molecule has 0 bridgehead atoms. The van der Waals surface area contributed by atoms with E-state index in [1.165, 1.54) is 11.8 Å². The summed E-state index contributed by atoms with van der Waals surface area (Å²) >= 11 is 4.66. The fraction of sp³-hybridized carbons (Fsp3) is 0.125. The van der Waals surface area contributed by atoms with Crippen LogP contribution in [0.25, 0.3) is 5.69 Å². The number of aromatic nitrogens is 4. The molecule has 0 saturated carbocycles. The highest BCUT2D eigenvalue weighted by atomic mass is 79.9. The third kappa shape index (κ3) is 3.82. The molecule has 0 atom stereocenters. The van der Waals surface area contributed by atoms with Gasteiger partial charge < -0.3 is 4.74 Å². The van der Waals surface area contributed by atoms with Gasteiger partial charge in [-0.1, -0.05) is 39.8 Å². The zero-order valence-electron chi connectivity index (χ0n) is 12.7. The number of nitrogens with zero attached hydrogens (tertiary/aromatic N) is 4. The van der Waals surface area contributed by atoms with Crippen molar-refractivity contribution in [1.29, 1.82) is 0 Å². The molecule has 0 aliphatic carbocycles. The molecule has 2 aromatic carbocycles. The third-order valence-corrected chi connectivity index (χ3v) is 4.70. The summed E-state index contributed by atoms with van der Waals surface area (Å²) in [4.78, 5) is 12.3. The number of tetrazole rings is 1. The third-order valence-electron chi connectivity index (χ3n) is 3.26. The summed E-state index contributed by atoms with van der Waals surface area (Å²) in [5, 5.41) is 12.2. The van der Waals surface area contributed by atoms with Crippen molar-refractivity contribution in [2.75, 3.05) is 12.9 Å². The van der Waals surface area contributed by atoms with Crippen molar-refractivity contribution in [2.45, 2.75) is 5.16 Å². The van der Waals surface area contributed by atoms with Crippen LogP contribution < -0.4 is 4.74 Å². The van der Waals surface area contributed by atoms with E-state index < -0.39 is 0 Å². The summed E-state index contributed by atoms with van der Waals surface area (Å²) in [5.74, 6) is 1.04. The van der Waals surface area contributed by atoms with Crippen molar-refractivity contribution < 1.29 is 9.53 Å². The fourth-order valence-corrected chi connectivity index (χ4v) is 3.05. The summed E-state index contributed by atoms with van der Waals surface area (Å²) in [7, 11) is 1.61. The van der Waals surface area contributed by atoms with Crippen LogP contribution in [0.1, 0.15) is 10.4 Å². The Morgan fingerprint density at radius 2 is 1.88 bits per heavy atom. The van der Waals surface area contributed by atoms with Crippen LogP contribution >= 0.6 is 27.7 Å². The molecule has 1 aromatic heterocycles. The molecule has 3 aromatic rings. The van der Waals surface area contributed by atoms with Crippen LogP contribution in [0.4, 0.5) is 0 Å². The molecule has 1 heterocycles. The molecular formula is C16H13BrN4O2S. The van der Waals surface area contributed by atoms with Gasteiger partial charge in [-0.2, -0.15) is 4.68 Å². The van der Waals surface area contributed by atoms with Crippen LogP contribution in [0.5, 0.6) is 5.75 Å². The Bertz CT molecular complexity index is 834. The molecule has 0 aliphatic rings. The van der Waals surface area contributed by atoms with Gasteiger partial charge in [0.1, 0.15) is 5.75 Å². The summed E-state index contributed by atoms with van der Waals surface area (Å²) in [6, 6.07) is 14.7. The van der Waals surface area contributed by atoms with Gasteiger partial charge >= 0.3 is 0 Å². The Morgan fingerprint density at radius 3 is 2.54 bits per heavy atom. The molecule has 0 aliphatic heterocycles. The highest BCUT2D eigenvalue weighted by Gasteiger charge is 2.13. The van der Waals surface area contributed by atoms with Crippen LogP contribution in [0.2, 0.25) is 0 Å². The van der Waals surface area contributed by atoms with Gasteiger partial charge in [-0.15, -0.1) is 5.10 Å². The van der Waals surface area contributed by atoms with E-state index >= 15 is 0 Å². The minimum Gasteiger partial charge on any atom is -0.497 e. The minimum absolute atomic E-state index is 0.0248. The lowest BCUT2D eigenvalue weighted by Gasteiger charge is -2.05. The van der Waals surface area contributed by atoms with Gasteiger partial charge in [-0.05, 0) is 46.8 Å². The monoisotopic (exact) mass is 404 g/mol. The van der Waals surface area contributed by atoms with E-state index in [2.05, 4.69) is 31.5 Å². The zero-order valence-corrected chi connectivity index (χ0v) is 15.1. The molecular weight excluding hydrogens is 392 g/mol. The second-order valence-electron chi connectivity index (χ2n) is 4.79. The van der Waals surface area contributed by atoms with Crippen molar-refractivity contribution >= 4 is 33.5 Å². The number of benzene rings is 2. The summed E-state index contributed by atoms with van der Waals surface area (Å²) in [6.07, 6.45) is 0. The first-order chi connectivity index (χ1) is 11.7. The van der Waals surface area contributed by atoms with Crippen molar-refractivity contribution in [3.63, 3.8) is 0 Å². The largest absolute Gasteiger partial charge is 0.497 e. The molecule has 0 spiro atoms. The Morgan fingerprint density at radius 1 is 1.17 bits per heavy atom. The number of hydrogen-bond acceptors (Lipinski definition) is 6. The Kier molecular flexibility index (Phi) is 5.27. The number of rotatable bonds is 6. The van der Waals surface area contributed by atoms with E-state index in [4.69, 9.17) is 4.74 Å². The van der Waals surface area contributed by atoms with E-state index in [1.54, 1.807) is 23.9 Å². The summed E-state index contributed by atoms with van der Waals surface area (Å²) < 4.78 is 7.68. The van der Waals surface area contributed by atoms with Crippen LogP contribution in [0, 0.1) is 0 Å². The van der Waals surface area contributed by atoms with Crippen LogP contribution in [-0.4, -0.2) is 38.9 Å². The van der Waals surface area contributed by atoms with E-state index in [0.29, 0.717) is 10.7 Å². The standard InChI is InChI=1S/C16H13BrN4O2S/c1-23-14-8-6-13(7-9-14)21-16(18-19-20-21)24-10-15(22)11-2-4-12(17)5-3-11/h2-9H,10H2,1H3. The smallest absolute Gasteiger partial charge is 0.214 e. The Balaban J connectivity index is 1.71. The highest BCUT2D eigenvalue weighted by Crippen LogP contribution is 2.21. The van der Waals surface area contributed by atoms with Gasteiger partial charge in [-0.25, -0.2) is 0 Å². The molecule has 0 radical (unpaired) electrons. The maximum atomic E-state index is 12.3. The highest BCUT2D eigenvalue weighted by molar-refractivity contribution is 9.10. The first kappa shape index (κ1) is 16.7. The van der Waals surface area contributed by atoms with Crippen molar-refractivity contribution in [1.82, 2.24) is 20.2 Å². The number of thioether (sulfide) groups is 1. The normalized spacial score (nSPS) is 10.6. The van der Waals surface area contributed by atoms with Crippen molar-refractivity contribution in [3.8, 4) is 11.4 Å². The predicted octanol–water partition coefficient (Wildman–Crippen LogP) is 3.41. The Labute approximate surface area is 151 Å². The number of carbonyl (C=O) groups is 1. The van der Waals surface area contributed by atoms with Gasteiger partial charge in [-0.3, -0.25) is 4.79 Å². The van der Waals surface area contributed by atoms with E-state index in [1.807, 2.05) is 36.4 Å². The summed E-state index contributed by atoms with van der Waals surface area (Å²) in [6.45, 7) is 0. The van der Waals surface area contributed by atoms with Gasteiger partial charge in [0.05, 0.1) is 18.6 Å². The van der Waals surface area contributed by atoms with Crippen LogP contribution in [-0.2, 0) is 0 Å². The number of Topliss-reactive ketones (excluding diaryl/α,β-unsaturated/α-hetero) is 1. The molecule has 3 rings (SSSR count). The number of methoxy groups -OCH3 is 1. The fourth-order valence-electron chi connectivity index (χ4n) is 2.00. The molecule has 0 unspecified atom stereocenters. The number of carbonyl (C=O) groups excluding carboxylic acids is 1. The molecule has 24 heavy (non-hydrogen) atoms.